The fourth-order valence-electron chi connectivity index (χ4n) is 2.16. The van der Waals surface area contributed by atoms with Crippen molar-refractivity contribution < 1.29 is 18.0 Å². The molecule has 1 amide bonds. The van der Waals surface area contributed by atoms with Gasteiger partial charge < -0.3 is 9.47 Å². The van der Waals surface area contributed by atoms with Gasteiger partial charge in [0.1, 0.15) is 11.5 Å². The van der Waals surface area contributed by atoms with Gasteiger partial charge in [0, 0.05) is 20.0 Å². The van der Waals surface area contributed by atoms with E-state index in [2.05, 4.69) is 4.98 Å². The Bertz CT molecular complexity index is 452. The Morgan fingerprint density at radius 3 is 2.65 bits per heavy atom. The number of fused-ring (bicyclic) bond motifs is 1. The summed E-state index contributed by atoms with van der Waals surface area (Å²) in [6.07, 6.45) is -3.57. The van der Waals surface area contributed by atoms with Gasteiger partial charge in [-0.25, -0.2) is 4.98 Å². The van der Waals surface area contributed by atoms with E-state index in [9.17, 15) is 18.0 Å². The van der Waals surface area contributed by atoms with Gasteiger partial charge in [-0.1, -0.05) is 0 Å². The second-order valence-electron chi connectivity index (χ2n) is 4.04. The van der Waals surface area contributed by atoms with Crippen LogP contribution < -0.4 is 0 Å². The molecular formula is C10H12F3N3O. The molecule has 0 bridgehead atoms. The van der Waals surface area contributed by atoms with Crippen LogP contribution in [0.2, 0.25) is 0 Å². The number of halogens is 3. The molecule has 2 heterocycles. The number of aromatic nitrogens is 2. The third kappa shape index (κ3) is 1.89. The summed E-state index contributed by atoms with van der Waals surface area (Å²) in [6, 6.07) is -0.419. The van der Waals surface area contributed by atoms with Gasteiger partial charge in [0.15, 0.2) is 0 Å². The largest absolute Gasteiger partial charge is 0.433 e. The van der Waals surface area contributed by atoms with Crippen molar-refractivity contribution >= 4 is 5.91 Å². The molecule has 0 N–H and O–H groups in total. The molecule has 7 heteroatoms. The first-order chi connectivity index (χ1) is 7.82. The highest BCUT2D eigenvalue weighted by molar-refractivity contribution is 5.73. The van der Waals surface area contributed by atoms with E-state index in [1.165, 1.54) is 11.8 Å². The highest BCUT2D eigenvalue weighted by Gasteiger charge is 2.39. The average molecular weight is 247 g/mol. The lowest BCUT2D eigenvalue weighted by molar-refractivity contribution is -0.144. The van der Waals surface area contributed by atoms with Crippen molar-refractivity contribution in [2.75, 3.05) is 6.54 Å². The van der Waals surface area contributed by atoms with Crippen LogP contribution in [0.5, 0.6) is 0 Å². The second kappa shape index (κ2) is 3.75. The van der Waals surface area contributed by atoms with Crippen LogP contribution in [-0.2, 0) is 17.5 Å². The number of carbonyl (C=O) groups excluding carboxylic acids is 1. The first-order valence-corrected chi connectivity index (χ1v) is 5.22. The topological polar surface area (TPSA) is 38.1 Å². The van der Waals surface area contributed by atoms with E-state index >= 15 is 0 Å². The number of imidazole rings is 1. The van der Waals surface area contributed by atoms with Gasteiger partial charge in [0.2, 0.25) is 5.91 Å². The molecule has 1 aliphatic rings. The van der Waals surface area contributed by atoms with Gasteiger partial charge >= 0.3 is 6.18 Å². The number of hydrogen-bond acceptors (Lipinski definition) is 2. The summed E-state index contributed by atoms with van der Waals surface area (Å²) in [5, 5.41) is 0. The molecule has 0 aliphatic carbocycles. The van der Waals surface area contributed by atoms with Gasteiger partial charge in [-0.05, 0) is 6.92 Å². The normalized spacial score (nSPS) is 20.3. The van der Waals surface area contributed by atoms with Crippen molar-refractivity contribution in [1.29, 1.82) is 0 Å². The molecule has 0 fully saturated rings. The summed E-state index contributed by atoms with van der Waals surface area (Å²) in [6.45, 7) is 3.50. The second-order valence-corrected chi connectivity index (χ2v) is 4.04. The molecule has 94 valence electrons. The van der Waals surface area contributed by atoms with Gasteiger partial charge in [-0.3, -0.25) is 4.79 Å². The SMILES string of the molecule is CC(=O)N1CCn2c(C(F)(F)F)cnc2C1C. The number of rotatable bonds is 0. The van der Waals surface area contributed by atoms with Crippen LogP contribution in [0.4, 0.5) is 13.2 Å². The van der Waals surface area contributed by atoms with Gasteiger partial charge in [0.05, 0.1) is 12.2 Å². The number of hydrogen-bond donors (Lipinski definition) is 0. The minimum atomic E-state index is -4.40. The lowest BCUT2D eigenvalue weighted by atomic mass is 10.2. The maximum atomic E-state index is 12.7. The Hall–Kier alpha value is -1.53. The van der Waals surface area contributed by atoms with E-state index in [1.807, 2.05) is 0 Å². The summed E-state index contributed by atoms with van der Waals surface area (Å²) < 4.78 is 39.1. The zero-order valence-corrected chi connectivity index (χ0v) is 9.45. The monoisotopic (exact) mass is 247 g/mol. The van der Waals surface area contributed by atoms with E-state index in [0.29, 0.717) is 5.82 Å². The summed E-state index contributed by atoms with van der Waals surface area (Å²) in [5.74, 6) is 0.138. The maximum Gasteiger partial charge on any atom is 0.433 e. The Kier molecular flexibility index (Phi) is 2.63. The lowest BCUT2D eigenvalue weighted by Gasteiger charge is -2.33. The van der Waals surface area contributed by atoms with Crippen LogP contribution >= 0.6 is 0 Å². The van der Waals surface area contributed by atoms with Crippen molar-refractivity contribution in [2.24, 2.45) is 0 Å². The van der Waals surface area contributed by atoms with E-state index < -0.39 is 17.9 Å². The smallest absolute Gasteiger partial charge is 0.331 e. The summed E-state index contributed by atoms with van der Waals surface area (Å²) in [4.78, 5) is 16.6. The highest BCUT2D eigenvalue weighted by atomic mass is 19.4. The van der Waals surface area contributed by atoms with Crippen molar-refractivity contribution in [3.8, 4) is 0 Å². The molecular weight excluding hydrogens is 235 g/mol. The zero-order chi connectivity index (χ0) is 12.8. The number of carbonyl (C=O) groups is 1. The molecule has 17 heavy (non-hydrogen) atoms. The molecule has 0 aromatic carbocycles. The Morgan fingerprint density at radius 2 is 2.12 bits per heavy atom. The predicted octanol–water partition coefficient (Wildman–Crippen LogP) is 1.83. The zero-order valence-electron chi connectivity index (χ0n) is 9.45. The molecule has 0 spiro atoms. The van der Waals surface area contributed by atoms with Gasteiger partial charge in [-0.15, -0.1) is 0 Å². The molecule has 1 atom stereocenters. The molecule has 4 nitrogen and oxygen atoms in total. The Labute approximate surface area is 96.0 Å². The molecule has 0 radical (unpaired) electrons. The fraction of sp³-hybridized carbons (Fsp3) is 0.600. The summed E-state index contributed by atoms with van der Waals surface area (Å²) >= 11 is 0. The third-order valence-electron chi connectivity index (χ3n) is 2.99. The van der Waals surface area contributed by atoms with Crippen LogP contribution in [0.25, 0.3) is 0 Å². The van der Waals surface area contributed by atoms with E-state index in [4.69, 9.17) is 0 Å². The number of nitrogens with zero attached hydrogens (tertiary/aromatic N) is 3. The van der Waals surface area contributed by atoms with Crippen LogP contribution in [-0.4, -0.2) is 26.9 Å². The summed E-state index contributed by atoms with van der Waals surface area (Å²) in [7, 11) is 0. The van der Waals surface area contributed by atoms with Crippen LogP contribution in [0.15, 0.2) is 6.20 Å². The first kappa shape index (κ1) is 11.9. The molecule has 1 aromatic heterocycles. The highest BCUT2D eigenvalue weighted by Crippen LogP contribution is 2.34. The Morgan fingerprint density at radius 1 is 1.47 bits per heavy atom. The van der Waals surface area contributed by atoms with Crippen molar-refractivity contribution in [1.82, 2.24) is 14.5 Å². The van der Waals surface area contributed by atoms with E-state index in [0.717, 1.165) is 10.8 Å². The molecule has 1 aromatic rings. The van der Waals surface area contributed by atoms with Crippen LogP contribution in [0.3, 0.4) is 0 Å². The molecule has 1 aliphatic heterocycles. The molecule has 2 rings (SSSR count). The number of amides is 1. The van der Waals surface area contributed by atoms with E-state index in [-0.39, 0.29) is 19.0 Å². The third-order valence-corrected chi connectivity index (χ3v) is 2.99. The fourth-order valence-corrected chi connectivity index (χ4v) is 2.16. The van der Waals surface area contributed by atoms with Gasteiger partial charge in [0.25, 0.3) is 0 Å². The van der Waals surface area contributed by atoms with Crippen molar-refractivity contribution in [3.63, 3.8) is 0 Å². The van der Waals surface area contributed by atoms with Crippen molar-refractivity contribution in [2.45, 2.75) is 32.6 Å². The molecule has 0 saturated heterocycles. The van der Waals surface area contributed by atoms with Gasteiger partial charge in [-0.2, -0.15) is 13.2 Å². The average Bonchev–Trinajstić information content (AvgIpc) is 2.61. The minimum absolute atomic E-state index is 0.133. The standard InChI is InChI=1S/C10H12F3N3O/c1-6-9-14-5-8(10(11,12)13)16(9)4-3-15(6)7(2)17/h5-6H,3-4H2,1-2H3. The Balaban J connectivity index is 2.41. The molecule has 0 saturated carbocycles. The number of alkyl halides is 3. The van der Waals surface area contributed by atoms with Crippen LogP contribution in [0, 0.1) is 0 Å². The maximum absolute atomic E-state index is 12.7. The first-order valence-electron chi connectivity index (χ1n) is 5.22. The lowest BCUT2D eigenvalue weighted by Crippen LogP contribution is -2.40. The minimum Gasteiger partial charge on any atom is -0.331 e. The van der Waals surface area contributed by atoms with E-state index in [1.54, 1.807) is 6.92 Å². The quantitative estimate of drug-likeness (QED) is 0.701. The predicted molar refractivity (Wildman–Crippen MR) is 53.0 cm³/mol. The van der Waals surface area contributed by atoms with Crippen LogP contribution in [0.1, 0.15) is 31.4 Å². The molecule has 1 unspecified atom stereocenters. The van der Waals surface area contributed by atoms with Crippen molar-refractivity contribution in [3.05, 3.63) is 17.7 Å². The summed E-state index contributed by atoms with van der Waals surface area (Å²) in [5.41, 5.74) is -0.748.